The van der Waals surface area contributed by atoms with Crippen molar-refractivity contribution in [1.82, 2.24) is 5.32 Å². The maximum atomic E-state index is 12.8. The van der Waals surface area contributed by atoms with E-state index in [1.54, 1.807) is 42.5 Å². The molecule has 0 radical (unpaired) electrons. The van der Waals surface area contributed by atoms with Crippen LogP contribution in [-0.2, 0) is 11.4 Å². The van der Waals surface area contributed by atoms with E-state index in [2.05, 4.69) is 5.32 Å². The molecule has 0 aliphatic carbocycles. The van der Waals surface area contributed by atoms with E-state index in [-0.39, 0.29) is 18.3 Å². The van der Waals surface area contributed by atoms with Crippen molar-refractivity contribution in [2.75, 3.05) is 20.3 Å². The minimum Gasteiger partial charge on any atom is -0.493 e. The average Bonchev–Trinajstić information content (AvgIpc) is 2.86. The SMILES string of the molecule is CCNC(=O)COc1ccc(/C=C/C(=O)c2ccccc2OCc2ccccc2)cc1OC. The number of carbonyl (C=O) groups is 2. The van der Waals surface area contributed by atoms with Gasteiger partial charge in [0, 0.05) is 6.54 Å². The molecule has 3 aromatic rings. The summed E-state index contributed by atoms with van der Waals surface area (Å²) < 4.78 is 16.8. The van der Waals surface area contributed by atoms with Crippen molar-refractivity contribution in [2.45, 2.75) is 13.5 Å². The maximum absolute atomic E-state index is 12.8. The van der Waals surface area contributed by atoms with E-state index in [0.29, 0.717) is 36.0 Å². The van der Waals surface area contributed by atoms with Crippen LogP contribution >= 0.6 is 0 Å². The van der Waals surface area contributed by atoms with Gasteiger partial charge in [-0.1, -0.05) is 54.6 Å². The molecule has 0 aromatic heterocycles. The van der Waals surface area contributed by atoms with Gasteiger partial charge in [-0.2, -0.15) is 0 Å². The van der Waals surface area contributed by atoms with Crippen LogP contribution in [-0.4, -0.2) is 32.0 Å². The molecule has 6 nitrogen and oxygen atoms in total. The molecule has 0 heterocycles. The summed E-state index contributed by atoms with van der Waals surface area (Å²) >= 11 is 0. The predicted molar refractivity (Wildman–Crippen MR) is 128 cm³/mol. The molecule has 0 atom stereocenters. The molecule has 0 aliphatic rings. The Morgan fingerprint density at radius 2 is 1.64 bits per heavy atom. The second-order valence-electron chi connectivity index (χ2n) is 7.12. The van der Waals surface area contributed by atoms with Crippen LogP contribution in [0.5, 0.6) is 17.2 Å². The topological polar surface area (TPSA) is 73.9 Å². The normalized spacial score (nSPS) is 10.6. The first-order valence-electron chi connectivity index (χ1n) is 10.7. The summed E-state index contributed by atoms with van der Waals surface area (Å²) in [6.45, 7) is 2.66. The van der Waals surface area contributed by atoms with Gasteiger partial charge in [0.25, 0.3) is 5.91 Å². The number of hydrogen-bond acceptors (Lipinski definition) is 5. The Hall–Kier alpha value is -4.06. The van der Waals surface area contributed by atoms with Crippen molar-refractivity contribution in [2.24, 2.45) is 0 Å². The van der Waals surface area contributed by atoms with Gasteiger partial charge in [-0.25, -0.2) is 0 Å². The smallest absolute Gasteiger partial charge is 0.257 e. The molecule has 1 N–H and O–H groups in total. The van der Waals surface area contributed by atoms with Gasteiger partial charge in [0.15, 0.2) is 23.9 Å². The van der Waals surface area contributed by atoms with E-state index in [1.165, 1.54) is 13.2 Å². The van der Waals surface area contributed by atoms with Crippen molar-refractivity contribution in [3.63, 3.8) is 0 Å². The number of rotatable bonds is 11. The molecule has 170 valence electrons. The summed E-state index contributed by atoms with van der Waals surface area (Å²) in [7, 11) is 1.52. The fourth-order valence-corrected chi connectivity index (χ4v) is 3.09. The largest absolute Gasteiger partial charge is 0.493 e. The summed E-state index contributed by atoms with van der Waals surface area (Å²) in [4.78, 5) is 24.5. The standard InChI is InChI=1S/C27H27NO5/c1-3-28-27(30)19-33-25-16-14-20(17-26(25)31-2)13-15-23(29)22-11-7-8-12-24(22)32-18-21-9-5-4-6-10-21/h4-17H,3,18-19H2,1-2H3,(H,28,30)/b15-13+. The van der Waals surface area contributed by atoms with Crippen LogP contribution < -0.4 is 19.5 Å². The molecule has 0 fully saturated rings. The minimum absolute atomic E-state index is 0.0996. The Balaban J connectivity index is 1.68. The molecular formula is C27H27NO5. The van der Waals surface area contributed by atoms with Crippen LogP contribution in [0.4, 0.5) is 0 Å². The minimum atomic E-state index is -0.206. The lowest BCUT2D eigenvalue weighted by Crippen LogP contribution is -2.28. The number of para-hydroxylation sites is 1. The lowest BCUT2D eigenvalue weighted by Gasteiger charge is -2.11. The van der Waals surface area contributed by atoms with E-state index in [1.807, 2.05) is 43.3 Å². The van der Waals surface area contributed by atoms with Crippen molar-refractivity contribution < 1.29 is 23.8 Å². The van der Waals surface area contributed by atoms with Gasteiger partial charge in [0.05, 0.1) is 12.7 Å². The molecule has 1 amide bonds. The zero-order chi connectivity index (χ0) is 23.5. The molecule has 0 unspecified atom stereocenters. The molecule has 0 aliphatic heterocycles. The molecule has 0 saturated carbocycles. The molecule has 33 heavy (non-hydrogen) atoms. The molecule has 0 bridgehead atoms. The van der Waals surface area contributed by atoms with Crippen LogP contribution in [0.15, 0.2) is 78.9 Å². The first kappa shape index (κ1) is 23.6. The maximum Gasteiger partial charge on any atom is 0.257 e. The molecule has 0 saturated heterocycles. The number of hydrogen-bond donors (Lipinski definition) is 1. The molecule has 6 heteroatoms. The van der Waals surface area contributed by atoms with Crippen LogP contribution in [0.3, 0.4) is 0 Å². The number of ether oxygens (including phenoxy) is 3. The Labute approximate surface area is 193 Å². The second-order valence-corrected chi connectivity index (χ2v) is 7.12. The number of allylic oxidation sites excluding steroid dienone is 1. The first-order chi connectivity index (χ1) is 16.1. The predicted octanol–water partition coefficient (Wildman–Crippen LogP) is 4.69. The Kier molecular flexibility index (Phi) is 8.65. The van der Waals surface area contributed by atoms with Crippen LogP contribution in [0.2, 0.25) is 0 Å². The Morgan fingerprint density at radius 1 is 0.879 bits per heavy atom. The second kappa shape index (κ2) is 12.1. The van der Waals surface area contributed by atoms with Gasteiger partial charge in [-0.15, -0.1) is 0 Å². The Bertz CT molecular complexity index is 1110. The average molecular weight is 446 g/mol. The lowest BCUT2D eigenvalue weighted by atomic mass is 10.1. The van der Waals surface area contributed by atoms with E-state index in [0.717, 1.165) is 11.1 Å². The molecule has 3 rings (SSSR count). The van der Waals surface area contributed by atoms with Gasteiger partial charge < -0.3 is 19.5 Å². The highest BCUT2D eigenvalue weighted by atomic mass is 16.5. The van der Waals surface area contributed by atoms with Crippen LogP contribution in [0.25, 0.3) is 6.08 Å². The highest BCUT2D eigenvalue weighted by molar-refractivity contribution is 6.08. The van der Waals surface area contributed by atoms with Gasteiger partial charge in [-0.3, -0.25) is 9.59 Å². The van der Waals surface area contributed by atoms with E-state index in [4.69, 9.17) is 14.2 Å². The zero-order valence-electron chi connectivity index (χ0n) is 18.7. The molecule has 0 spiro atoms. The number of amides is 1. The Morgan fingerprint density at radius 3 is 2.39 bits per heavy atom. The summed E-state index contributed by atoms with van der Waals surface area (Å²) in [6, 6.07) is 22.2. The van der Waals surface area contributed by atoms with E-state index < -0.39 is 0 Å². The quantitative estimate of drug-likeness (QED) is 0.343. The summed E-state index contributed by atoms with van der Waals surface area (Å²) in [5.41, 5.74) is 2.27. The van der Waals surface area contributed by atoms with Crippen molar-refractivity contribution in [1.29, 1.82) is 0 Å². The summed E-state index contributed by atoms with van der Waals surface area (Å²) in [5, 5.41) is 2.67. The number of likely N-dealkylation sites (N-methyl/N-ethyl adjacent to an activating group) is 1. The third kappa shape index (κ3) is 6.97. The summed E-state index contributed by atoms with van der Waals surface area (Å²) in [6.07, 6.45) is 3.20. The van der Waals surface area contributed by atoms with Gasteiger partial charge >= 0.3 is 0 Å². The molecular weight excluding hydrogens is 418 g/mol. The van der Waals surface area contributed by atoms with Crippen molar-refractivity contribution in [3.05, 3.63) is 95.6 Å². The number of methoxy groups -OCH3 is 1. The van der Waals surface area contributed by atoms with Crippen LogP contribution in [0.1, 0.15) is 28.4 Å². The zero-order valence-corrected chi connectivity index (χ0v) is 18.7. The number of carbonyl (C=O) groups excluding carboxylic acids is 2. The first-order valence-corrected chi connectivity index (χ1v) is 10.7. The van der Waals surface area contributed by atoms with E-state index in [9.17, 15) is 9.59 Å². The van der Waals surface area contributed by atoms with E-state index >= 15 is 0 Å². The number of nitrogens with one attached hydrogen (secondary N) is 1. The van der Waals surface area contributed by atoms with Crippen molar-refractivity contribution in [3.8, 4) is 17.2 Å². The lowest BCUT2D eigenvalue weighted by molar-refractivity contribution is -0.123. The number of ketones is 1. The third-order valence-corrected chi connectivity index (χ3v) is 4.74. The fourth-order valence-electron chi connectivity index (χ4n) is 3.09. The summed E-state index contributed by atoms with van der Waals surface area (Å²) in [5.74, 6) is 1.08. The van der Waals surface area contributed by atoms with Crippen molar-refractivity contribution >= 4 is 17.8 Å². The van der Waals surface area contributed by atoms with Gasteiger partial charge in [0.1, 0.15) is 12.4 Å². The van der Waals surface area contributed by atoms with Gasteiger partial charge in [0.2, 0.25) is 0 Å². The third-order valence-electron chi connectivity index (χ3n) is 4.74. The fraction of sp³-hybridized carbons (Fsp3) is 0.185. The molecule has 3 aromatic carbocycles. The highest BCUT2D eigenvalue weighted by Crippen LogP contribution is 2.29. The highest BCUT2D eigenvalue weighted by Gasteiger charge is 2.11. The van der Waals surface area contributed by atoms with Crippen LogP contribution in [0, 0.1) is 0 Å². The monoisotopic (exact) mass is 445 g/mol. The van der Waals surface area contributed by atoms with Gasteiger partial charge in [-0.05, 0) is 48.4 Å². The number of benzene rings is 3.